The number of urea groups is 1. The normalized spacial score (nSPS) is 22.3. The largest absolute Gasteiger partial charge is 0.481 e. The maximum Gasteiger partial charge on any atom is 0.317 e. The highest BCUT2D eigenvalue weighted by Gasteiger charge is 2.42. The van der Waals surface area contributed by atoms with Crippen molar-refractivity contribution >= 4 is 12.0 Å². The summed E-state index contributed by atoms with van der Waals surface area (Å²) in [6.07, 6.45) is 2.37. The van der Waals surface area contributed by atoms with Crippen LogP contribution in [0.5, 0.6) is 0 Å². The molecule has 1 saturated heterocycles. The van der Waals surface area contributed by atoms with E-state index in [4.69, 9.17) is 5.11 Å². The highest BCUT2D eigenvalue weighted by Crippen LogP contribution is 2.39. The maximum absolute atomic E-state index is 12.0. The lowest BCUT2D eigenvalue weighted by molar-refractivity contribution is -0.144. The van der Waals surface area contributed by atoms with Crippen LogP contribution in [0.25, 0.3) is 0 Å². The second kappa shape index (κ2) is 4.44. The fourth-order valence-corrected chi connectivity index (χ4v) is 2.46. The van der Waals surface area contributed by atoms with Crippen molar-refractivity contribution in [2.45, 2.75) is 39.2 Å². The van der Waals surface area contributed by atoms with E-state index in [-0.39, 0.29) is 23.4 Å². The SMILES string of the molecule is CC(C(=O)O)C1CN(C(=O)NC(C)(C)C2CC2)C1. The van der Waals surface area contributed by atoms with Crippen molar-refractivity contribution in [1.82, 2.24) is 10.2 Å². The molecule has 0 aromatic rings. The third kappa shape index (κ3) is 2.60. The molecule has 2 fully saturated rings. The number of hydrogen-bond acceptors (Lipinski definition) is 2. The van der Waals surface area contributed by atoms with Gasteiger partial charge in [-0.05, 0) is 32.6 Å². The topological polar surface area (TPSA) is 69.6 Å². The molecule has 2 amide bonds. The van der Waals surface area contributed by atoms with E-state index in [2.05, 4.69) is 19.2 Å². The van der Waals surface area contributed by atoms with E-state index in [1.165, 1.54) is 12.8 Å². The summed E-state index contributed by atoms with van der Waals surface area (Å²) in [6, 6.07) is -0.0549. The molecule has 5 heteroatoms. The van der Waals surface area contributed by atoms with E-state index in [0.717, 1.165) is 0 Å². The van der Waals surface area contributed by atoms with Crippen molar-refractivity contribution in [2.24, 2.45) is 17.8 Å². The van der Waals surface area contributed by atoms with Crippen molar-refractivity contribution in [3.8, 4) is 0 Å². The van der Waals surface area contributed by atoms with Crippen molar-refractivity contribution in [2.75, 3.05) is 13.1 Å². The minimum Gasteiger partial charge on any atom is -0.481 e. The van der Waals surface area contributed by atoms with Gasteiger partial charge in [0.1, 0.15) is 0 Å². The molecule has 0 aromatic heterocycles. The summed E-state index contributed by atoms with van der Waals surface area (Å²) in [6.45, 7) is 6.93. The zero-order valence-electron chi connectivity index (χ0n) is 11.3. The Morgan fingerprint density at radius 1 is 1.33 bits per heavy atom. The van der Waals surface area contributed by atoms with Gasteiger partial charge in [0.15, 0.2) is 0 Å². The summed E-state index contributed by atoms with van der Waals surface area (Å²) >= 11 is 0. The molecule has 2 rings (SSSR count). The van der Waals surface area contributed by atoms with Crippen LogP contribution < -0.4 is 5.32 Å². The highest BCUT2D eigenvalue weighted by molar-refractivity contribution is 5.77. The molecular formula is C13H22N2O3. The summed E-state index contributed by atoms with van der Waals surface area (Å²) in [4.78, 5) is 24.5. The van der Waals surface area contributed by atoms with E-state index >= 15 is 0 Å². The molecule has 1 atom stereocenters. The summed E-state index contributed by atoms with van der Waals surface area (Å²) in [5.74, 6) is -0.461. The molecule has 18 heavy (non-hydrogen) atoms. The van der Waals surface area contributed by atoms with Crippen molar-refractivity contribution in [1.29, 1.82) is 0 Å². The molecular weight excluding hydrogens is 232 g/mol. The molecule has 5 nitrogen and oxygen atoms in total. The number of amides is 2. The van der Waals surface area contributed by atoms with Crippen LogP contribution in [0.15, 0.2) is 0 Å². The van der Waals surface area contributed by atoms with Gasteiger partial charge in [0, 0.05) is 24.5 Å². The predicted octanol–water partition coefficient (Wildman–Crippen LogP) is 1.54. The minimum atomic E-state index is -0.779. The molecule has 1 unspecified atom stereocenters. The Morgan fingerprint density at radius 2 is 1.89 bits per heavy atom. The Balaban J connectivity index is 1.78. The fourth-order valence-electron chi connectivity index (χ4n) is 2.46. The van der Waals surface area contributed by atoms with Crippen LogP contribution in [0.1, 0.15) is 33.6 Å². The zero-order chi connectivity index (χ0) is 13.5. The first kappa shape index (κ1) is 13.2. The zero-order valence-corrected chi connectivity index (χ0v) is 11.3. The quantitative estimate of drug-likeness (QED) is 0.799. The van der Waals surface area contributed by atoms with Crippen molar-refractivity contribution < 1.29 is 14.7 Å². The molecule has 1 heterocycles. The summed E-state index contributed by atoms with van der Waals surface area (Å²) in [5, 5.41) is 11.9. The first-order valence-electron chi connectivity index (χ1n) is 6.61. The molecule has 102 valence electrons. The lowest BCUT2D eigenvalue weighted by Crippen LogP contribution is -2.60. The van der Waals surface area contributed by atoms with Crippen molar-refractivity contribution in [3.63, 3.8) is 0 Å². The van der Waals surface area contributed by atoms with E-state index in [1.54, 1.807) is 11.8 Å². The van der Waals surface area contributed by atoms with E-state index in [1.807, 2.05) is 0 Å². The lowest BCUT2D eigenvalue weighted by Gasteiger charge is -2.42. The third-order valence-corrected chi connectivity index (χ3v) is 4.32. The lowest BCUT2D eigenvalue weighted by atomic mass is 9.87. The second-order valence-corrected chi connectivity index (χ2v) is 6.22. The summed E-state index contributed by atoms with van der Waals surface area (Å²) < 4.78 is 0. The Morgan fingerprint density at radius 3 is 2.33 bits per heavy atom. The van der Waals surface area contributed by atoms with Gasteiger partial charge in [-0.25, -0.2) is 4.79 Å². The smallest absolute Gasteiger partial charge is 0.317 e. The van der Waals surface area contributed by atoms with Crippen LogP contribution in [0.3, 0.4) is 0 Å². The highest BCUT2D eigenvalue weighted by atomic mass is 16.4. The van der Waals surface area contributed by atoms with Crippen molar-refractivity contribution in [3.05, 3.63) is 0 Å². The van der Waals surface area contributed by atoms with Crippen LogP contribution in [-0.2, 0) is 4.79 Å². The number of rotatable bonds is 4. The fraction of sp³-hybridized carbons (Fsp3) is 0.846. The third-order valence-electron chi connectivity index (χ3n) is 4.32. The molecule has 0 spiro atoms. The predicted molar refractivity (Wildman–Crippen MR) is 67.2 cm³/mol. The number of hydrogen-bond donors (Lipinski definition) is 2. The number of carbonyl (C=O) groups excluding carboxylic acids is 1. The first-order valence-corrected chi connectivity index (χ1v) is 6.61. The van der Waals surface area contributed by atoms with Gasteiger partial charge in [0.05, 0.1) is 5.92 Å². The van der Waals surface area contributed by atoms with Gasteiger partial charge in [-0.15, -0.1) is 0 Å². The molecule has 0 radical (unpaired) electrons. The van der Waals surface area contributed by atoms with E-state index < -0.39 is 5.97 Å². The monoisotopic (exact) mass is 254 g/mol. The second-order valence-electron chi connectivity index (χ2n) is 6.22. The Kier molecular flexibility index (Phi) is 3.25. The molecule has 0 aromatic carbocycles. The molecule has 1 aliphatic carbocycles. The van der Waals surface area contributed by atoms with E-state index in [9.17, 15) is 9.59 Å². The summed E-state index contributed by atoms with van der Waals surface area (Å²) in [7, 11) is 0. The Labute approximate surface area is 108 Å². The van der Waals surface area contributed by atoms with Gasteiger partial charge in [-0.2, -0.15) is 0 Å². The number of carboxylic acids is 1. The summed E-state index contributed by atoms with van der Waals surface area (Å²) in [5.41, 5.74) is -0.138. The van der Waals surface area contributed by atoms with Gasteiger partial charge >= 0.3 is 12.0 Å². The number of likely N-dealkylation sites (tertiary alicyclic amines) is 1. The Bertz CT molecular complexity index is 357. The number of carboxylic acid groups (broad SMARTS) is 1. The standard InChI is InChI=1S/C13H22N2O3/c1-8(11(16)17)9-6-15(7-9)12(18)14-13(2,3)10-4-5-10/h8-10H,4-7H2,1-3H3,(H,14,18)(H,16,17). The first-order chi connectivity index (χ1) is 8.31. The molecule has 1 aliphatic heterocycles. The molecule has 0 bridgehead atoms. The molecule has 2 N–H and O–H groups in total. The van der Waals surface area contributed by atoms with Gasteiger partial charge in [-0.3, -0.25) is 4.79 Å². The Hall–Kier alpha value is -1.26. The van der Waals surface area contributed by atoms with E-state index in [0.29, 0.717) is 19.0 Å². The average Bonchev–Trinajstić information content (AvgIpc) is 2.96. The van der Waals surface area contributed by atoms with Crippen LogP contribution in [0.2, 0.25) is 0 Å². The number of nitrogens with one attached hydrogen (secondary N) is 1. The van der Waals surface area contributed by atoms with Crippen LogP contribution >= 0.6 is 0 Å². The number of carbonyl (C=O) groups is 2. The van der Waals surface area contributed by atoms with Crippen LogP contribution in [-0.4, -0.2) is 40.6 Å². The van der Waals surface area contributed by atoms with Crippen LogP contribution in [0.4, 0.5) is 4.79 Å². The van der Waals surface area contributed by atoms with Crippen LogP contribution in [0, 0.1) is 17.8 Å². The number of nitrogens with zero attached hydrogens (tertiary/aromatic N) is 1. The van der Waals surface area contributed by atoms with Gasteiger partial charge in [0.25, 0.3) is 0 Å². The van der Waals surface area contributed by atoms with Gasteiger partial charge in [-0.1, -0.05) is 6.92 Å². The average molecular weight is 254 g/mol. The molecule has 2 aliphatic rings. The van der Waals surface area contributed by atoms with Gasteiger partial charge in [0.2, 0.25) is 0 Å². The minimum absolute atomic E-state index is 0.0549. The maximum atomic E-state index is 12.0. The number of aliphatic carboxylic acids is 1. The van der Waals surface area contributed by atoms with Gasteiger partial charge < -0.3 is 15.3 Å². The molecule has 1 saturated carbocycles.